The van der Waals surface area contributed by atoms with Crippen LogP contribution in [0.5, 0.6) is 0 Å². The summed E-state index contributed by atoms with van der Waals surface area (Å²) in [4.78, 5) is 10.9. The van der Waals surface area contributed by atoms with E-state index < -0.39 is 10.0 Å². The van der Waals surface area contributed by atoms with Crippen LogP contribution >= 0.6 is 0 Å². The highest BCUT2D eigenvalue weighted by Crippen LogP contribution is 2.11. The van der Waals surface area contributed by atoms with E-state index in [1.807, 2.05) is 6.92 Å². The first-order valence-corrected chi connectivity index (χ1v) is 7.22. The number of primary sulfonamides is 1. The van der Waals surface area contributed by atoms with Gasteiger partial charge in [-0.25, -0.2) is 13.6 Å². The monoisotopic (exact) mass is 270 g/mol. The second kappa shape index (κ2) is 5.97. The molecular weight excluding hydrogens is 252 g/mol. The van der Waals surface area contributed by atoms with Crippen molar-refractivity contribution in [2.75, 3.05) is 0 Å². The van der Waals surface area contributed by atoms with Gasteiger partial charge < -0.3 is 5.32 Å². The maximum absolute atomic E-state index is 11.1. The summed E-state index contributed by atoms with van der Waals surface area (Å²) >= 11 is 0. The van der Waals surface area contributed by atoms with Gasteiger partial charge in [0.25, 0.3) is 0 Å². The third kappa shape index (κ3) is 4.85. The lowest BCUT2D eigenvalue weighted by Crippen LogP contribution is -2.30. The van der Waals surface area contributed by atoms with Gasteiger partial charge in [0, 0.05) is 13.0 Å². The molecule has 1 aromatic carbocycles. The van der Waals surface area contributed by atoms with Crippen molar-refractivity contribution in [3.05, 3.63) is 29.8 Å². The van der Waals surface area contributed by atoms with Crippen molar-refractivity contribution in [3.63, 3.8) is 0 Å². The minimum atomic E-state index is -3.62. The number of benzene rings is 1. The zero-order valence-corrected chi connectivity index (χ0v) is 11.3. The number of hydrogen-bond donors (Lipinski definition) is 2. The van der Waals surface area contributed by atoms with Gasteiger partial charge in [0.05, 0.1) is 4.90 Å². The Bertz CT molecular complexity index is 509. The summed E-state index contributed by atoms with van der Waals surface area (Å²) in [5.74, 6) is -0.0490. The summed E-state index contributed by atoms with van der Waals surface area (Å²) in [5.41, 5.74) is 1.01. The van der Waals surface area contributed by atoms with Crippen molar-refractivity contribution < 1.29 is 13.2 Å². The molecule has 0 saturated carbocycles. The van der Waals surface area contributed by atoms with Gasteiger partial charge in [0.2, 0.25) is 15.9 Å². The smallest absolute Gasteiger partial charge is 0.238 e. The average molecular weight is 270 g/mol. The zero-order valence-electron chi connectivity index (χ0n) is 10.5. The minimum Gasteiger partial charge on any atom is -0.354 e. The molecule has 0 aliphatic heterocycles. The largest absolute Gasteiger partial charge is 0.354 e. The van der Waals surface area contributed by atoms with E-state index in [1.54, 1.807) is 12.1 Å². The Morgan fingerprint density at radius 3 is 2.33 bits per heavy atom. The van der Waals surface area contributed by atoms with E-state index in [0.29, 0.717) is 0 Å². The number of nitrogens with two attached hydrogens (primary N) is 1. The summed E-state index contributed by atoms with van der Waals surface area (Å²) in [6.45, 7) is 3.41. The Morgan fingerprint density at radius 1 is 1.33 bits per heavy atom. The summed E-state index contributed by atoms with van der Waals surface area (Å²) < 4.78 is 22.1. The first-order valence-electron chi connectivity index (χ1n) is 5.68. The molecule has 5 nitrogen and oxygen atoms in total. The highest BCUT2D eigenvalue weighted by molar-refractivity contribution is 7.89. The molecule has 1 aromatic rings. The van der Waals surface area contributed by atoms with E-state index in [9.17, 15) is 13.2 Å². The van der Waals surface area contributed by atoms with E-state index in [0.717, 1.165) is 18.4 Å². The van der Waals surface area contributed by atoms with E-state index in [2.05, 4.69) is 5.32 Å². The van der Waals surface area contributed by atoms with Crippen LogP contribution < -0.4 is 10.5 Å². The SMILES string of the molecule is CC(=O)NC(C)CCc1ccc(S(N)(=O)=O)cc1. The highest BCUT2D eigenvalue weighted by atomic mass is 32.2. The molecule has 0 saturated heterocycles. The van der Waals surface area contributed by atoms with Gasteiger partial charge in [0.15, 0.2) is 0 Å². The van der Waals surface area contributed by atoms with Crippen molar-refractivity contribution in [1.29, 1.82) is 0 Å². The van der Waals surface area contributed by atoms with Crippen LogP contribution in [0, 0.1) is 0 Å². The first kappa shape index (κ1) is 14.7. The van der Waals surface area contributed by atoms with Crippen LogP contribution in [-0.4, -0.2) is 20.4 Å². The molecule has 0 fully saturated rings. The predicted molar refractivity (Wildman–Crippen MR) is 69.4 cm³/mol. The number of amides is 1. The van der Waals surface area contributed by atoms with Crippen LogP contribution in [0.3, 0.4) is 0 Å². The standard InChI is InChI=1S/C12H18N2O3S/c1-9(14-10(2)15)3-4-11-5-7-12(8-6-11)18(13,16)17/h5-9H,3-4H2,1-2H3,(H,14,15)(H2,13,16,17). The average Bonchev–Trinajstić information content (AvgIpc) is 2.25. The molecule has 18 heavy (non-hydrogen) atoms. The van der Waals surface area contributed by atoms with Crippen LogP contribution in [0.2, 0.25) is 0 Å². The number of carbonyl (C=O) groups excluding carboxylic acids is 1. The lowest BCUT2D eigenvalue weighted by atomic mass is 10.1. The van der Waals surface area contributed by atoms with Gasteiger partial charge in [0.1, 0.15) is 0 Å². The maximum Gasteiger partial charge on any atom is 0.238 e. The molecule has 1 atom stereocenters. The molecule has 6 heteroatoms. The van der Waals surface area contributed by atoms with Gasteiger partial charge in [-0.15, -0.1) is 0 Å². The summed E-state index contributed by atoms with van der Waals surface area (Å²) in [5, 5.41) is 7.80. The van der Waals surface area contributed by atoms with E-state index in [4.69, 9.17) is 5.14 Å². The van der Waals surface area contributed by atoms with Gasteiger partial charge in [-0.1, -0.05) is 12.1 Å². The molecule has 0 aromatic heterocycles. The zero-order chi connectivity index (χ0) is 13.8. The fourth-order valence-electron chi connectivity index (χ4n) is 1.65. The fourth-order valence-corrected chi connectivity index (χ4v) is 2.16. The van der Waals surface area contributed by atoms with Crippen LogP contribution in [0.15, 0.2) is 29.2 Å². The molecule has 3 N–H and O–H groups in total. The highest BCUT2D eigenvalue weighted by Gasteiger charge is 2.07. The molecule has 0 radical (unpaired) electrons. The Morgan fingerprint density at radius 2 is 1.89 bits per heavy atom. The summed E-state index contributed by atoms with van der Waals surface area (Å²) in [7, 11) is -3.62. The van der Waals surface area contributed by atoms with E-state index in [1.165, 1.54) is 19.1 Å². The molecular formula is C12H18N2O3S. The van der Waals surface area contributed by atoms with Gasteiger partial charge in [-0.3, -0.25) is 4.79 Å². The van der Waals surface area contributed by atoms with Crippen LogP contribution in [0.25, 0.3) is 0 Å². The third-order valence-corrected chi connectivity index (χ3v) is 3.50. The summed E-state index contributed by atoms with van der Waals surface area (Å²) in [6.07, 6.45) is 1.57. The van der Waals surface area contributed by atoms with Crippen molar-refractivity contribution in [2.24, 2.45) is 5.14 Å². The Balaban J connectivity index is 2.57. The van der Waals surface area contributed by atoms with Gasteiger partial charge in [-0.2, -0.15) is 0 Å². The number of carbonyl (C=O) groups is 1. The van der Waals surface area contributed by atoms with E-state index in [-0.39, 0.29) is 16.8 Å². The second-order valence-corrected chi connectivity index (χ2v) is 5.89. The number of aryl methyl sites for hydroxylation is 1. The van der Waals surface area contributed by atoms with Gasteiger partial charge in [-0.05, 0) is 37.5 Å². The quantitative estimate of drug-likeness (QED) is 0.829. The Kier molecular flexibility index (Phi) is 4.86. The first-order chi connectivity index (χ1) is 8.29. The van der Waals surface area contributed by atoms with Crippen molar-refractivity contribution >= 4 is 15.9 Å². The Hall–Kier alpha value is -1.40. The van der Waals surface area contributed by atoms with Gasteiger partial charge >= 0.3 is 0 Å². The van der Waals surface area contributed by atoms with Crippen molar-refractivity contribution in [3.8, 4) is 0 Å². The number of nitrogens with one attached hydrogen (secondary N) is 1. The van der Waals surface area contributed by atoms with E-state index >= 15 is 0 Å². The predicted octanol–water partition coefficient (Wildman–Crippen LogP) is 0.791. The lowest BCUT2D eigenvalue weighted by Gasteiger charge is -2.12. The summed E-state index contributed by atoms with van der Waals surface area (Å²) in [6, 6.07) is 6.56. The molecule has 1 unspecified atom stereocenters. The van der Waals surface area contributed by atoms with Crippen molar-refractivity contribution in [2.45, 2.75) is 37.6 Å². The molecule has 1 rings (SSSR count). The normalized spacial score (nSPS) is 13.1. The Labute approximate surface area is 107 Å². The molecule has 0 spiro atoms. The number of sulfonamides is 1. The molecule has 0 heterocycles. The molecule has 0 aliphatic carbocycles. The van der Waals surface area contributed by atoms with Crippen LogP contribution in [0.1, 0.15) is 25.8 Å². The lowest BCUT2D eigenvalue weighted by molar-refractivity contribution is -0.119. The second-order valence-electron chi connectivity index (χ2n) is 4.33. The minimum absolute atomic E-state index is 0.0490. The fraction of sp³-hybridized carbons (Fsp3) is 0.417. The maximum atomic E-state index is 11.1. The molecule has 100 valence electrons. The molecule has 0 bridgehead atoms. The number of hydrogen-bond acceptors (Lipinski definition) is 3. The van der Waals surface area contributed by atoms with Crippen LogP contribution in [-0.2, 0) is 21.2 Å². The van der Waals surface area contributed by atoms with Crippen molar-refractivity contribution in [1.82, 2.24) is 5.32 Å². The third-order valence-electron chi connectivity index (χ3n) is 2.57. The number of rotatable bonds is 5. The molecule has 0 aliphatic rings. The topological polar surface area (TPSA) is 89.3 Å². The van der Waals surface area contributed by atoms with Crippen LogP contribution in [0.4, 0.5) is 0 Å². The molecule has 1 amide bonds.